The van der Waals surface area contributed by atoms with Crippen LogP contribution >= 0.6 is 0 Å². The Morgan fingerprint density at radius 2 is 1.66 bits per heavy atom. The molecule has 0 unspecified atom stereocenters. The van der Waals surface area contributed by atoms with Crippen LogP contribution in [-0.2, 0) is 4.79 Å². The largest absolute Gasteiger partial charge is 0.494 e. The van der Waals surface area contributed by atoms with Crippen molar-refractivity contribution < 1.29 is 18.7 Å². The van der Waals surface area contributed by atoms with E-state index in [0.29, 0.717) is 18.0 Å². The fourth-order valence-corrected chi connectivity index (χ4v) is 4.49. The Hall–Kier alpha value is -3.74. The summed E-state index contributed by atoms with van der Waals surface area (Å²) in [5.74, 6) is 0.275. The number of nitrogens with zero attached hydrogens (tertiary/aromatic N) is 2. The zero-order valence-electron chi connectivity index (χ0n) is 20.6. The zero-order chi connectivity index (χ0) is 24.8. The molecule has 0 aliphatic heterocycles. The number of ether oxygens (including phenoxy) is 1. The predicted octanol–water partition coefficient (Wildman–Crippen LogP) is 5.19. The molecule has 4 rings (SSSR count). The van der Waals surface area contributed by atoms with Gasteiger partial charge in [0.25, 0.3) is 5.91 Å². The van der Waals surface area contributed by atoms with Gasteiger partial charge in [0.2, 0.25) is 5.91 Å². The molecule has 0 radical (unpaired) electrons. The first-order valence-corrected chi connectivity index (χ1v) is 12.2. The molecule has 184 valence electrons. The van der Waals surface area contributed by atoms with Crippen molar-refractivity contribution in [3.05, 3.63) is 78.3 Å². The lowest BCUT2D eigenvalue weighted by molar-refractivity contribution is -0.123. The molecule has 1 saturated carbocycles. The number of nitrogens with one attached hydrogen (secondary N) is 1. The number of furan rings is 1. The fourth-order valence-electron chi connectivity index (χ4n) is 4.49. The average molecular weight is 476 g/mol. The summed E-state index contributed by atoms with van der Waals surface area (Å²) >= 11 is 0. The molecular weight excluding hydrogens is 442 g/mol. The van der Waals surface area contributed by atoms with Crippen LogP contribution in [0.4, 0.5) is 11.4 Å². The van der Waals surface area contributed by atoms with Crippen molar-refractivity contribution in [1.29, 1.82) is 0 Å². The lowest BCUT2D eigenvalue weighted by atomic mass is 10.0. The van der Waals surface area contributed by atoms with Crippen LogP contribution in [-0.4, -0.2) is 38.6 Å². The molecule has 1 aliphatic carbocycles. The van der Waals surface area contributed by atoms with Crippen LogP contribution in [0, 0.1) is 0 Å². The maximum Gasteiger partial charge on any atom is 0.294 e. The highest BCUT2D eigenvalue weighted by molar-refractivity contribution is 6.08. The molecule has 2 aromatic carbocycles. The number of carbonyl (C=O) groups excluding carboxylic acids is 2. The maximum atomic E-state index is 13.8. The number of hydrogen-bond acceptors (Lipinski definition) is 5. The Kier molecular flexibility index (Phi) is 7.75. The van der Waals surface area contributed by atoms with E-state index in [9.17, 15) is 9.59 Å². The molecule has 1 N–H and O–H groups in total. The Balaban J connectivity index is 1.78. The van der Waals surface area contributed by atoms with Gasteiger partial charge in [-0.25, -0.2) is 0 Å². The van der Waals surface area contributed by atoms with Crippen LogP contribution in [0.3, 0.4) is 0 Å². The van der Waals surface area contributed by atoms with Gasteiger partial charge in [-0.2, -0.15) is 0 Å². The second-order valence-electron chi connectivity index (χ2n) is 8.96. The van der Waals surface area contributed by atoms with Gasteiger partial charge in [-0.05, 0) is 73.9 Å². The smallest absolute Gasteiger partial charge is 0.294 e. The Morgan fingerprint density at radius 1 is 1.00 bits per heavy atom. The van der Waals surface area contributed by atoms with Crippen molar-refractivity contribution in [2.24, 2.45) is 0 Å². The summed E-state index contributed by atoms with van der Waals surface area (Å²) in [7, 11) is 3.93. The fraction of sp³-hybridized carbons (Fsp3) is 0.357. The molecule has 0 bridgehead atoms. The van der Waals surface area contributed by atoms with Gasteiger partial charge in [-0.3, -0.25) is 14.5 Å². The van der Waals surface area contributed by atoms with Crippen molar-refractivity contribution in [2.45, 2.75) is 44.7 Å². The van der Waals surface area contributed by atoms with Crippen LogP contribution in [0.5, 0.6) is 5.75 Å². The molecule has 0 spiro atoms. The molecule has 1 aliphatic rings. The quantitative estimate of drug-likeness (QED) is 0.461. The van der Waals surface area contributed by atoms with Gasteiger partial charge in [0, 0.05) is 31.5 Å². The van der Waals surface area contributed by atoms with Crippen LogP contribution in [0.25, 0.3) is 0 Å². The summed E-state index contributed by atoms with van der Waals surface area (Å²) in [4.78, 5) is 31.1. The summed E-state index contributed by atoms with van der Waals surface area (Å²) in [5, 5.41) is 3.20. The summed E-state index contributed by atoms with van der Waals surface area (Å²) in [6.45, 7) is 2.46. The van der Waals surface area contributed by atoms with E-state index in [4.69, 9.17) is 9.15 Å². The SMILES string of the molecule is CCOc1ccc(N(C(=O)c2ccco2)[C@@H](C(=O)NC2CCCC2)c2ccc(N(C)C)cc2)cc1. The molecule has 3 aromatic rings. The number of benzene rings is 2. The Morgan fingerprint density at radius 3 is 2.23 bits per heavy atom. The molecule has 2 amide bonds. The number of anilines is 2. The highest BCUT2D eigenvalue weighted by atomic mass is 16.5. The minimum atomic E-state index is -0.873. The lowest BCUT2D eigenvalue weighted by Crippen LogP contribution is -2.46. The Labute approximate surface area is 206 Å². The minimum absolute atomic E-state index is 0.118. The van der Waals surface area contributed by atoms with Gasteiger partial charge in [-0.15, -0.1) is 0 Å². The van der Waals surface area contributed by atoms with Crippen molar-refractivity contribution in [3.8, 4) is 5.75 Å². The molecule has 0 saturated heterocycles. The van der Waals surface area contributed by atoms with Gasteiger partial charge in [-0.1, -0.05) is 25.0 Å². The first-order valence-electron chi connectivity index (χ1n) is 12.2. The second-order valence-corrected chi connectivity index (χ2v) is 8.96. The average Bonchev–Trinajstić information content (AvgIpc) is 3.58. The third kappa shape index (κ3) is 5.67. The third-order valence-corrected chi connectivity index (χ3v) is 6.31. The van der Waals surface area contributed by atoms with Gasteiger partial charge < -0.3 is 19.4 Å². The summed E-state index contributed by atoms with van der Waals surface area (Å²) in [5.41, 5.74) is 2.31. The molecular formula is C28H33N3O4. The maximum absolute atomic E-state index is 13.8. The van der Waals surface area contributed by atoms with Gasteiger partial charge in [0.05, 0.1) is 12.9 Å². The normalized spacial score (nSPS) is 14.4. The molecule has 1 fully saturated rings. The number of hydrogen-bond donors (Lipinski definition) is 1. The molecule has 1 atom stereocenters. The molecule has 7 nitrogen and oxygen atoms in total. The van der Waals surface area contributed by atoms with E-state index < -0.39 is 6.04 Å². The highest BCUT2D eigenvalue weighted by Crippen LogP contribution is 2.33. The lowest BCUT2D eigenvalue weighted by Gasteiger charge is -2.32. The van der Waals surface area contributed by atoms with E-state index in [0.717, 1.165) is 36.9 Å². The third-order valence-electron chi connectivity index (χ3n) is 6.31. The van der Waals surface area contributed by atoms with Crippen molar-refractivity contribution >= 4 is 23.2 Å². The van der Waals surface area contributed by atoms with E-state index in [-0.39, 0.29) is 23.6 Å². The number of carbonyl (C=O) groups is 2. The topological polar surface area (TPSA) is 75.0 Å². The summed E-state index contributed by atoms with van der Waals surface area (Å²) in [6, 6.07) is 17.5. The summed E-state index contributed by atoms with van der Waals surface area (Å²) in [6.07, 6.45) is 5.56. The minimum Gasteiger partial charge on any atom is -0.494 e. The highest BCUT2D eigenvalue weighted by Gasteiger charge is 2.35. The monoisotopic (exact) mass is 475 g/mol. The van der Waals surface area contributed by atoms with Gasteiger partial charge in [0.1, 0.15) is 11.8 Å². The second kappa shape index (κ2) is 11.1. The van der Waals surface area contributed by atoms with Crippen LogP contribution < -0.4 is 19.9 Å². The summed E-state index contributed by atoms with van der Waals surface area (Å²) < 4.78 is 11.0. The van der Waals surface area contributed by atoms with Crippen LogP contribution in [0.1, 0.15) is 54.8 Å². The van der Waals surface area contributed by atoms with Gasteiger partial charge >= 0.3 is 0 Å². The molecule has 7 heteroatoms. The van der Waals surface area contributed by atoms with Crippen molar-refractivity contribution in [1.82, 2.24) is 5.32 Å². The molecule has 1 aromatic heterocycles. The Bertz CT molecular complexity index is 1100. The van der Waals surface area contributed by atoms with Crippen molar-refractivity contribution in [3.63, 3.8) is 0 Å². The predicted molar refractivity (Wildman–Crippen MR) is 137 cm³/mol. The zero-order valence-corrected chi connectivity index (χ0v) is 20.6. The van der Waals surface area contributed by atoms with Gasteiger partial charge in [0.15, 0.2) is 5.76 Å². The van der Waals surface area contributed by atoms with Crippen LogP contribution in [0.2, 0.25) is 0 Å². The van der Waals surface area contributed by atoms with E-state index >= 15 is 0 Å². The molecule has 35 heavy (non-hydrogen) atoms. The number of rotatable bonds is 9. The van der Waals surface area contributed by atoms with Crippen molar-refractivity contribution in [2.75, 3.05) is 30.5 Å². The van der Waals surface area contributed by atoms with E-state index in [1.165, 1.54) is 11.2 Å². The number of amides is 2. The first-order chi connectivity index (χ1) is 17.0. The molecule has 1 heterocycles. The standard InChI is InChI=1S/C28H33N3O4/c1-4-34-24-17-15-23(16-18-24)31(28(33)25-10-7-19-35-25)26(27(32)29-21-8-5-6-9-21)20-11-13-22(14-12-20)30(2)3/h7,10-19,21,26H,4-6,8-9H2,1-3H3,(H,29,32)/t26-/m1/s1. The van der Waals surface area contributed by atoms with E-state index in [1.807, 2.05) is 62.3 Å². The van der Waals surface area contributed by atoms with Crippen LogP contribution in [0.15, 0.2) is 71.3 Å². The van der Waals surface area contributed by atoms with E-state index in [2.05, 4.69) is 5.32 Å². The van der Waals surface area contributed by atoms with E-state index in [1.54, 1.807) is 24.3 Å². The first kappa shape index (κ1) is 24.4.